The largest absolute Gasteiger partial charge is 0.481 e. The number of carbonyl (C=O) groups is 3. The summed E-state index contributed by atoms with van der Waals surface area (Å²) in [6.07, 6.45) is 0. The summed E-state index contributed by atoms with van der Waals surface area (Å²) in [7, 11) is 0. The second-order valence-electron chi connectivity index (χ2n) is 6.28. The smallest absolute Gasteiger partial charge is 0.307 e. The first-order chi connectivity index (χ1) is 11.2. The molecule has 0 aromatic heterocycles. The van der Waals surface area contributed by atoms with E-state index in [1.54, 1.807) is 13.8 Å². The Kier molecular flexibility index (Phi) is 5.15. The van der Waals surface area contributed by atoms with E-state index >= 15 is 0 Å². The third-order valence-corrected chi connectivity index (χ3v) is 4.57. The van der Waals surface area contributed by atoms with Crippen LogP contribution in [0, 0.1) is 17.3 Å². The minimum Gasteiger partial charge on any atom is -0.481 e. The van der Waals surface area contributed by atoms with E-state index in [1.807, 2.05) is 0 Å². The molecule has 1 fully saturated rings. The molecule has 2 rings (SSSR count). The van der Waals surface area contributed by atoms with E-state index in [0.29, 0.717) is 5.69 Å². The second-order valence-corrected chi connectivity index (χ2v) is 6.69. The molecule has 1 saturated carbocycles. The maximum absolute atomic E-state index is 12.3. The molecule has 2 atom stereocenters. The zero-order chi connectivity index (χ0) is 18.1. The molecule has 0 spiro atoms. The molecule has 0 radical (unpaired) electrons. The number of anilines is 1. The molecule has 24 heavy (non-hydrogen) atoms. The number of carboxylic acid groups (broad SMARTS) is 1. The average Bonchev–Trinajstić information content (AvgIpc) is 3.08. The molecule has 0 saturated heterocycles. The van der Waals surface area contributed by atoms with E-state index < -0.39 is 29.1 Å². The lowest BCUT2D eigenvalue weighted by molar-refractivity contribution is -0.140. The lowest BCUT2D eigenvalue weighted by Crippen LogP contribution is -2.26. The third kappa shape index (κ3) is 3.52. The number of carboxylic acids is 1. The zero-order valence-electron chi connectivity index (χ0n) is 13.3. The van der Waals surface area contributed by atoms with E-state index in [2.05, 4.69) is 10.6 Å². The highest BCUT2D eigenvalue weighted by Gasteiger charge is 2.65. The summed E-state index contributed by atoms with van der Waals surface area (Å²) in [5.41, 5.74) is 0.0120. The Morgan fingerprint density at radius 1 is 1.25 bits per heavy atom. The molecule has 0 bridgehead atoms. The molecule has 130 valence electrons. The fourth-order valence-corrected chi connectivity index (χ4v) is 3.12. The van der Waals surface area contributed by atoms with Crippen LogP contribution in [0.1, 0.15) is 24.2 Å². The van der Waals surface area contributed by atoms with E-state index in [4.69, 9.17) is 21.8 Å². The Morgan fingerprint density at radius 3 is 2.42 bits per heavy atom. The molecule has 0 unspecified atom stereocenters. The summed E-state index contributed by atoms with van der Waals surface area (Å²) in [5.74, 6) is -3.13. The monoisotopic (exact) mass is 354 g/mol. The first-order valence-electron chi connectivity index (χ1n) is 7.42. The zero-order valence-corrected chi connectivity index (χ0v) is 14.1. The molecule has 0 aliphatic heterocycles. The normalized spacial score (nSPS) is 21.0. The highest BCUT2D eigenvalue weighted by Crippen LogP contribution is 2.58. The predicted molar refractivity (Wildman–Crippen MR) is 87.9 cm³/mol. The topological polar surface area (TPSA) is 116 Å². The summed E-state index contributed by atoms with van der Waals surface area (Å²) in [5, 5.41) is 23.1. The van der Waals surface area contributed by atoms with Crippen molar-refractivity contribution in [3.05, 3.63) is 28.8 Å². The Labute approximate surface area is 144 Å². The van der Waals surface area contributed by atoms with Crippen molar-refractivity contribution in [2.24, 2.45) is 17.3 Å². The van der Waals surface area contributed by atoms with Crippen molar-refractivity contribution < 1.29 is 24.6 Å². The standard InChI is InChI=1S/C16H19ClN2O5/c1-16(2)11(12(16)15(23)24)14(22)19-8-3-4-9(10(17)7-8)13(21)18-5-6-20/h3-4,7,11-12,20H,5-6H2,1-2H3,(H,18,21)(H,19,22)(H,23,24)/t11-,12+/m1/s1. The Bertz CT molecular complexity index is 689. The van der Waals surface area contributed by atoms with Gasteiger partial charge in [0.05, 0.1) is 29.0 Å². The molecular weight excluding hydrogens is 336 g/mol. The van der Waals surface area contributed by atoms with Crippen molar-refractivity contribution in [3.8, 4) is 0 Å². The molecule has 2 amide bonds. The fraction of sp³-hybridized carbons (Fsp3) is 0.438. The van der Waals surface area contributed by atoms with Gasteiger partial charge in [-0.05, 0) is 23.6 Å². The average molecular weight is 355 g/mol. The summed E-state index contributed by atoms with van der Waals surface area (Å²) in [6, 6.07) is 4.40. The van der Waals surface area contributed by atoms with Crippen LogP contribution in [0.2, 0.25) is 5.02 Å². The molecular formula is C16H19ClN2O5. The van der Waals surface area contributed by atoms with Crippen molar-refractivity contribution >= 4 is 35.1 Å². The highest BCUT2D eigenvalue weighted by molar-refractivity contribution is 6.34. The van der Waals surface area contributed by atoms with E-state index in [9.17, 15) is 14.4 Å². The van der Waals surface area contributed by atoms with Crippen molar-refractivity contribution in [2.75, 3.05) is 18.5 Å². The molecule has 0 heterocycles. The van der Waals surface area contributed by atoms with Crippen LogP contribution in [0.5, 0.6) is 0 Å². The highest BCUT2D eigenvalue weighted by atomic mass is 35.5. The van der Waals surface area contributed by atoms with Crippen LogP contribution >= 0.6 is 11.6 Å². The molecule has 7 nitrogen and oxygen atoms in total. The first-order valence-corrected chi connectivity index (χ1v) is 7.80. The fourth-order valence-electron chi connectivity index (χ4n) is 2.85. The van der Waals surface area contributed by atoms with Crippen molar-refractivity contribution in [1.82, 2.24) is 5.32 Å². The minimum atomic E-state index is -0.992. The van der Waals surface area contributed by atoms with Crippen LogP contribution in [0.3, 0.4) is 0 Å². The number of benzene rings is 1. The number of aliphatic hydroxyl groups excluding tert-OH is 1. The van der Waals surface area contributed by atoms with Gasteiger partial charge in [-0.25, -0.2) is 0 Å². The van der Waals surface area contributed by atoms with Gasteiger partial charge in [0.2, 0.25) is 5.91 Å². The SMILES string of the molecule is CC1(C)[C@H](C(=O)O)[C@@H]1C(=O)Nc1ccc(C(=O)NCCO)c(Cl)c1. The van der Waals surface area contributed by atoms with Crippen LogP contribution in [0.25, 0.3) is 0 Å². The van der Waals surface area contributed by atoms with Crippen LogP contribution in [0.4, 0.5) is 5.69 Å². The van der Waals surface area contributed by atoms with Gasteiger partial charge in [-0.1, -0.05) is 25.4 Å². The van der Waals surface area contributed by atoms with Crippen molar-refractivity contribution in [3.63, 3.8) is 0 Å². The molecule has 8 heteroatoms. The van der Waals surface area contributed by atoms with Gasteiger partial charge < -0.3 is 20.8 Å². The molecule has 1 aromatic rings. The van der Waals surface area contributed by atoms with Gasteiger partial charge in [-0.3, -0.25) is 14.4 Å². The summed E-state index contributed by atoms with van der Waals surface area (Å²) in [4.78, 5) is 35.2. The van der Waals surface area contributed by atoms with Gasteiger partial charge in [0.25, 0.3) is 5.91 Å². The number of hydrogen-bond acceptors (Lipinski definition) is 4. The Morgan fingerprint density at radius 2 is 1.92 bits per heavy atom. The van der Waals surface area contributed by atoms with Crippen LogP contribution in [0.15, 0.2) is 18.2 Å². The number of amides is 2. The van der Waals surface area contributed by atoms with Gasteiger partial charge in [0.1, 0.15) is 0 Å². The lowest BCUT2D eigenvalue weighted by Gasteiger charge is -2.09. The van der Waals surface area contributed by atoms with Gasteiger partial charge in [0.15, 0.2) is 0 Å². The summed E-state index contributed by atoms with van der Waals surface area (Å²) in [6.45, 7) is 3.40. The maximum Gasteiger partial charge on any atom is 0.307 e. The quantitative estimate of drug-likeness (QED) is 0.615. The van der Waals surface area contributed by atoms with Crippen molar-refractivity contribution in [2.45, 2.75) is 13.8 Å². The molecule has 1 aromatic carbocycles. The van der Waals surface area contributed by atoms with E-state index in [-0.39, 0.29) is 29.6 Å². The van der Waals surface area contributed by atoms with E-state index in [0.717, 1.165) is 0 Å². The minimum absolute atomic E-state index is 0.112. The summed E-state index contributed by atoms with van der Waals surface area (Å²) >= 11 is 6.05. The van der Waals surface area contributed by atoms with E-state index in [1.165, 1.54) is 18.2 Å². The van der Waals surface area contributed by atoms with Crippen molar-refractivity contribution in [1.29, 1.82) is 0 Å². The number of halogens is 1. The van der Waals surface area contributed by atoms with Crippen LogP contribution in [-0.4, -0.2) is 41.1 Å². The van der Waals surface area contributed by atoms with Gasteiger partial charge in [-0.15, -0.1) is 0 Å². The number of hydrogen-bond donors (Lipinski definition) is 4. The summed E-state index contributed by atoms with van der Waals surface area (Å²) < 4.78 is 0. The van der Waals surface area contributed by atoms with Gasteiger partial charge >= 0.3 is 5.97 Å². The molecule has 4 N–H and O–H groups in total. The van der Waals surface area contributed by atoms with Crippen LogP contribution in [-0.2, 0) is 9.59 Å². The molecule has 1 aliphatic carbocycles. The lowest BCUT2D eigenvalue weighted by atomic mass is 10.1. The third-order valence-electron chi connectivity index (χ3n) is 4.25. The predicted octanol–water partition coefficient (Wildman–Crippen LogP) is 1.36. The first kappa shape index (κ1) is 18.2. The number of carbonyl (C=O) groups excluding carboxylic acids is 2. The van der Waals surface area contributed by atoms with Gasteiger partial charge in [-0.2, -0.15) is 0 Å². The number of aliphatic carboxylic acids is 1. The Hall–Kier alpha value is -2.12. The van der Waals surface area contributed by atoms with Crippen LogP contribution < -0.4 is 10.6 Å². The number of rotatable bonds is 6. The van der Waals surface area contributed by atoms with Gasteiger partial charge in [0, 0.05) is 12.2 Å². The number of aliphatic hydroxyl groups is 1. The Balaban J connectivity index is 2.07. The number of nitrogens with one attached hydrogen (secondary N) is 2. The molecule has 1 aliphatic rings. The second kappa shape index (κ2) is 6.78. The maximum atomic E-state index is 12.3.